The fourth-order valence-electron chi connectivity index (χ4n) is 2.44. The van der Waals surface area contributed by atoms with Crippen molar-refractivity contribution in [3.05, 3.63) is 71.3 Å². The van der Waals surface area contributed by atoms with Crippen molar-refractivity contribution < 1.29 is 19.1 Å². The van der Waals surface area contributed by atoms with Crippen LogP contribution in [-0.4, -0.2) is 18.5 Å². The first-order valence-corrected chi connectivity index (χ1v) is 8.62. The second-order valence-electron chi connectivity index (χ2n) is 5.89. The number of hydrogen-bond donors (Lipinski definition) is 0. The highest BCUT2D eigenvalue weighted by Gasteiger charge is 2.19. The van der Waals surface area contributed by atoms with Crippen LogP contribution in [0.15, 0.2) is 54.6 Å². The third-order valence-corrected chi connectivity index (χ3v) is 4.18. The molecule has 0 aliphatic heterocycles. The molecule has 0 aromatic heterocycles. The van der Waals surface area contributed by atoms with Crippen LogP contribution < -0.4 is 0 Å². The molecule has 25 heavy (non-hydrogen) atoms. The van der Waals surface area contributed by atoms with Crippen molar-refractivity contribution in [2.24, 2.45) is 5.92 Å². The first kappa shape index (κ1) is 18.7. The zero-order chi connectivity index (χ0) is 18.1. The number of carbonyl (C=O) groups is 2. The van der Waals surface area contributed by atoms with Gasteiger partial charge in [-0.3, -0.25) is 0 Å². The van der Waals surface area contributed by atoms with E-state index in [-0.39, 0.29) is 17.7 Å². The van der Waals surface area contributed by atoms with Crippen molar-refractivity contribution in [2.45, 2.75) is 33.3 Å². The molecule has 0 bridgehead atoms. The molecule has 2 aromatic carbocycles. The Morgan fingerprint density at radius 1 is 0.800 bits per heavy atom. The molecule has 0 spiro atoms. The highest BCUT2D eigenvalue weighted by Crippen LogP contribution is 2.15. The lowest BCUT2D eigenvalue weighted by atomic mass is 10.0. The van der Waals surface area contributed by atoms with Crippen molar-refractivity contribution in [1.29, 1.82) is 0 Å². The van der Waals surface area contributed by atoms with E-state index in [9.17, 15) is 9.59 Å². The lowest BCUT2D eigenvalue weighted by Gasteiger charge is -2.14. The van der Waals surface area contributed by atoms with Gasteiger partial charge in [-0.1, -0.05) is 69.2 Å². The van der Waals surface area contributed by atoms with Gasteiger partial charge in [0.05, 0.1) is 17.7 Å². The van der Waals surface area contributed by atoms with E-state index in [0.29, 0.717) is 12.5 Å². The van der Waals surface area contributed by atoms with Gasteiger partial charge in [0.15, 0.2) is 0 Å². The van der Waals surface area contributed by atoms with E-state index in [1.165, 1.54) is 0 Å². The van der Waals surface area contributed by atoms with Crippen LogP contribution in [-0.2, 0) is 16.1 Å². The van der Waals surface area contributed by atoms with Crippen LogP contribution in [0.2, 0.25) is 0 Å². The second kappa shape index (κ2) is 9.62. The lowest BCUT2D eigenvalue weighted by Crippen LogP contribution is -2.17. The summed E-state index contributed by atoms with van der Waals surface area (Å²) in [7, 11) is 0. The first-order valence-electron chi connectivity index (χ1n) is 8.62. The standard InChI is InChI=1S/C21H24O4/c1-3-16(4-2)14-24-20(22)18-12-8-9-13-19(18)21(23)25-15-17-10-6-5-7-11-17/h5-13,16H,3-4,14-15H2,1-2H3. The Kier molecular flexibility index (Phi) is 7.20. The summed E-state index contributed by atoms with van der Waals surface area (Å²) in [5, 5.41) is 0. The van der Waals surface area contributed by atoms with E-state index in [2.05, 4.69) is 13.8 Å². The summed E-state index contributed by atoms with van der Waals surface area (Å²) in [4.78, 5) is 24.7. The molecule has 0 heterocycles. The quantitative estimate of drug-likeness (QED) is 0.657. The van der Waals surface area contributed by atoms with Crippen LogP contribution in [0.4, 0.5) is 0 Å². The predicted molar refractivity (Wildman–Crippen MR) is 96.4 cm³/mol. The van der Waals surface area contributed by atoms with Gasteiger partial charge < -0.3 is 9.47 Å². The van der Waals surface area contributed by atoms with Gasteiger partial charge in [0.25, 0.3) is 0 Å². The monoisotopic (exact) mass is 340 g/mol. The number of esters is 2. The maximum absolute atomic E-state index is 12.4. The Morgan fingerprint density at radius 3 is 1.88 bits per heavy atom. The summed E-state index contributed by atoms with van der Waals surface area (Å²) in [5.74, 6) is -0.681. The van der Waals surface area contributed by atoms with Gasteiger partial charge in [-0.15, -0.1) is 0 Å². The topological polar surface area (TPSA) is 52.6 Å². The molecule has 0 saturated heterocycles. The molecule has 0 unspecified atom stereocenters. The fraction of sp³-hybridized carbons (Fsp3) is 0.333. The van der Waals surface area contributed by atoms with Crippen molar-refractivity contribution >= 4 is 11.9 Å². The number of benzene rings is 2. The molecule has 0 N–H and O–H groups in total. The molecule has 0 aliphatic rings. The summed E-state index contributed by atoms with van der Waals surface area (Å²) >= 11 is 0. The van der Waals surface area contributed by atoms with E-state index < -0.39 is 11.9 Å². The molecule has 2 rings (SSSR count). The van der Waals surface area contributed by atoms with E-state index >= 15 is 0 Å². The minimum atomic E-state index is -0.529. The number of hydrogen-bond acceptors (Lipinski definition) is 4. The SMILES string of the molecule is CCC(CC)COC(=O)c1ccccc1C(=O)OCc1ccccc1. The van der Waals surface area contributed by atoms with Crippen molar-refractivity contribution in [2.75, 3.05) is 6.61 Å². The first-order chi connectivity index (χ1) is 12.2. The van der Waals surface area contributed by atoms with Gasteiger partial charge in [-0.25, -0.2) is 9.59 Å². The maximum Gasteiger partial charge on any atom is 0.339 e. The molecule has 0 fully saturated rings. The molecule has 0 aliphatic carbocycles. The summed E-state index contributed by atoms with van der Waals surface area (Å²) in [5.41, 5.74) is 1.36. The van der Waals surface area contributed by atoms with Crippen molar-refractivity contribution in [1.82, 2.24) is 0 Å². The van der Waals surface area contributed by atoms with Gasteiger partial charge in [0, 0.05) is 0 Å². The highest BCUT2D eigenvalue weighted by atomic mass is 16.5. The lowest BCUT2D eigenvalue weighted by molar-refractivity contribution is 0.0402. The highest BCUT2D eigenvalue weighted by molar-refractivity contribution is 6.03. The van der Waals surface area contributed by atoms with E-state index in [1.807, 2.05) is 30.3 Å². The largest absolute Gasteiger partial charge is 0.462 e. The molecule has 4 nitrogen and oxygen atoms in total. The third kappa shape index (κ3) is 5.45. The minimum absolute atomic E-state index is 0.163. The fourth-order valence-corrected chi connectivity index (χ4v) is 2.44. The number of carbonyl (C=O) groups excluding carboxylic acids is 2. The summed E-state index contributed by atoms with van der Waals surface area (Å²) in [6.45, 7) is 4.66. The van der Waals surface area contributed by atoms with Gasteiger partial charge in [0.1, 0.15) is 6.61 Å². The number of ether oxygens (including phenoxy) is 2. The average molecular weight is 340 g/mol. The van der Waals surface area contributed by atoms with Crippen LogP contribution in [0.25, 0.3) is 0 Å². The van der Waals surface area contributed by atoms with Gasteiger partial charge >= 0.3 is 11.9 Å². The molecule has 2 aromatic rings. The molecule has 132 valence electrons. The minimum Gasteiger partial charge on any atom is -0.462 e. The Morgan fingerprint density at radius 2 is 1.32 bits per heavy atom. The van der Waals surface area contributed by atoms with Crippen LogP contribution in [0, 0.1) is 5.92 Å². The van der Waals surface area contributed by atoms with Crippen LogP contribution in [0.1, 0.15) is 53.0 Å². The smallest absolute Gasteiger partial charge is 0.339 e. The maximum atomic E-state index is 12.4. The van der Waals surface area contributed by atoms with Crippen LogP contribution in [0.3, 0.4) is 0 Å². The van der Waals surface area contributed by atoms with E-state index in [1.54, 1.807) is 24.3 Å². The summed E-state index contributed by atoms with van der Waals surface area (Å²) in [6.07, 6.45) is 1.90. The molecule has 0 amide bonds. The second-order valence-corrected chi connectivity index (χ2v) is 5.89. The molecule has 0 saturated carbocycles. The van der Waals surface area contributed by atoms with Crippen molar-refractivity contribution in [3.8, 4) is 0 Å². The molecule has 4 heteroatoms. The average Bonchev–Trinajstić information content (AvgIpc) is 2.67. The predicted octanol–water partition coefficient (Wildman–Crippen LogP) is 4.64. The van der Waals surface area contributed by atoms with Crippen molar-refractivity contribution in [3.63, 3.8) is 0 Å². The number of rotatable bonds is 8. The molecule has 0 atom stereocenters. The van der Waals surface area contributed by atoms with Gasteiger partial charge in [0.2, 0.25) is 0 Å². The van der Waals surface area contributed by atoms with Crippen LogP contribution in [0.5, 0.6) is 0 Å². The normalized spacial score (nSPS) is 10.5. The molecular formula is C21H24O4. The van der Waals surface area contributed by atoms with Gasteiger partial charge in [-0.2, -0.15) is 0 Å². The van der Waals surface area contributed by atoms with E-state index in [4.69, 9.17) is 9.47 Å². The summed E-state index contributed by atoms with van der Waals surface area (Å²) < 4.78 is 10.7. The zero-order valence-corrected chi connectivity index (χ0v) is 14.7. The molecular weight excluding hydrogens is 316 g/mol. The van der Waals surface area contributed by atoms with Crippen LogP contribution >= 0.6 is 0 Å². The van der Waals surface area contributed by atoms with Gasteiger partial charge in [-0.05, 0) is 23.6 Å². The Hall–Kier alpha value is -2.62. The third-order valence-electron chi connectivity index (χ3n) is 4.18. The Labute approximate surface area is 148 Å². The van der Waals surface area contributed by atoms with E-state index in [0.717, 1.165) is 18.4 Å². The Bertz CT molecular complexity index is 690. The molecule has 0 radical (unpaired) electrons. The zero-order valence-electron chi connectivity index (χ0n) is 14.7. The Balaban J connectivity index is 2.03. The summed E-state index contributed by atoms with van der Waals surface area (Å²) in [6, 6.07) is 16.0.